The molecule has 32 nitrogen and oxygen atoms in total. The van der Waals surface area contributed by atoms with Gasteiger partial charge < -0.3 is 97.1 Å². The highest BCUT2D eigenvalue weighted by Crippen LogP contribution is 2.37. The third-order valence-corrected chi connectivity index (χ3v) is 17.3. The summed E-state index contributed by atoms with van der Waals surface area (Å²) in [4.78, 5) is 139. The molecule has 0 saturated heterocycles. The van der Waals surface area contributed by atoms with Crippen LogP contribution in [0.4, 0.5) is 0 Å². The Morgan fingerprint density at radius 1 is 0.266 bits per heavy atom. The van der Waals surface area contributed by atoms with Crippen molar-refractivity contribution in [2.75, 3.05) is 79.0 Å². The minimum absolute atomic E-state index is 0.103. The minimum atomic E-state index is -0.665. The van der Waals surface area contributed by atoms with Crippen LogP contribution in [-0.4, -0.2) is 199 Å². The number of benzene rings is 4. The fourth-order valence-electron chi connectivity index (χ4n) is 10.7. The van der Waals surface area contributed by atoms with Crippen LogP contribution >= 0.6 is 0 Å². The first-order valence-electron chi connectivity index (χ1n) is 41.0. The quantitative estimate of drug-likeness (QED) is 0.0138. The zero-order chi connectivity index (χ0) is 94.2. The molecular formula is C92H132N4O28. The van der Waals surface area contributed by atoms with E-state index < -0.39 is 72.2 Å². The van der Waals surface area contributed by atoms with Crippen molar-refractivity contribution in [2.45, 2.75) is 242 Å². The molecule has 0 aromatic heterocycles. The number of aryl methyl sites for hydroxylation is 4. The highest BCUT2D eigenvalue weighted by atomic mass is 16.6. The van der Waals surface area contributed by atoms with E-state index in [4.69, 9.17) is 75.8 Å². The molecule has 0 saturated carbocycles. The van der Waals surface area contributed by atoms with Gasteiger partial charge in [0.2, 0.25) is 0 Å². The summed E-state index contributed by atoms with van der Waals surface area (Å²) in [5.74, 6) is -2.13. The van der Waals surface area contributed by atoms with Gasteiger partial charge in [0.05, 0.1) is 26.4 Å². The third-order valence-electron chi connectivity index (χ3n) is 17.3. The summed E-state index contributed by atoms with van der Waals surface area (Å²) in [6, 6.07) is 7.89. The Morgan fingerprint density at radius 3 is 0.573 bits per heavy atom. The first kappa shape index (κ1) is 111. The van der Waals surface area contributed by atoms with Crippen molar-refractivity contribution in [3.05, 3.63) is 140 Å². The van der Waals surface area contributed by atoms with E-state index in [1.165, 1.54) is 27.7 Å². The number of nitrogens with one attached hydrogen (secondary N) is 4. The van der Waals surface area contributed by atoms with Gasteiger partial charge in [0, 0.05) is 127 Å². The van der Waals surface area contributed by atoms with Gasteiger partial charge in [0.15, 0.2) is 0 Å². The van der Waals surface area contributed by atoms with Crippen LogP contribution in [0.25, 0.3) is 0 Å². The molecule has 0 radical (unpaired) electrons. The molecule has 0 aliphatic rings. The maximum absolute atomic E-state index is 12.1. The average molecular weight is 1740 g/mol. The summed E-state index contributed by atoms with van der Waals surface area (Å²) < 4.78 is 85.7. The van der Waals surface area contributed by atoms with Gasteiger partial charge in [0.1, 0.15) is 96.8 Å². The largest absolute Gasteiger partial charge is 0.489 e. The number of hydrogen-bond acceptors (Lipinski definition) is 32. The molecule has 0 aliphatic carbocycles. The Bertz CT molecular complexity index is 3800. The van der Waals surface area contributed by atoms with Crippen LogP contribution in [0.15, 0.2) is 72.9 Å². The molecule has 124 heavy (non-hydrogen) atoms. The molecule has 32 heteroatoms. The van der Waals surface area contributed by atoms with Crippen molar-refractivity contribution in [3.8, 4) is 46.0 Å². The van der Waals surface area contributed by atoms with E-state index in [1.807, 2.05) is 138 Å². The summed E-state index contributed by atoms with van der Waals surface area (Å²) in [6.45, 7) is 53.0. The number of hydrogen-bond donors (Lipinski definition) is 4. The molecule has 0 aliphatic heterocycles. The summed E-state index contributed by atoms with van der Waals surface area (Å²) in [5.41, 5.74) is 9.56. The Hall–Kier alpha value is -11.5. The topological polar surface area (TPSA) is 401 Å². The molecule has 0 fully saturated rings. The van der Waals surface area contributed by atoms with Crippen molar-refractivity contribution < 1.29 is 133 Å². The van der Waals surface area contributed by atoms with Crippen LogP contribution in [0.5, 0.6) is 46.0 Å². The first-order valence-corrected chi connectivity index (χ1v) is 41.0. The van der Waals surface area contributed by atoms with Gasteiger partial charge in [-0.2, -0.15) is 0 Å². The molecule has 4 atom stereocenters. The van der Waals surface area contributed by atoms with Crippen molar-refractivity contribution in [3.63, 3.8) is 0 Å². The van der Waals surface area contributed by atoms with E-state index in [9.17, 15) is 57.5 Å². The second-order valence-electron chi connectivity index (χ2n) is 29.5. The van der Waals surface area contributed by atoms with Crippen molar-refractivity contribution in [1.82, 2.24) is 21.3 Å². The summed E-state index contributed by atoms with van der Waals surface area (Å²) >= 11 is 0. The standard InChI is InChI=1S/4C23H33NO7/c4*1-8-28-21(26)9-10-22(27)31-19(12-24-14(2)3)13-29-20-11-15(4)23(30-18(7)25)17(6)16(20)5/h4*9-11,14,19,24H,8,12-13H2,1-7H3/b10-9+;3*10-9-. The Labute approximate surface area is 730 Å². The number of carbonyl (C=O) groups is 12. The lowest BCUT2D eigenvalue weighted by molar-refractivity contribution is -0.145. The lowest BCUT2D eigenvalue weighted by Crippen LogP contribution is -2.38. The normalized spacial score (nSPS) is 12.0. The van der Waals surface area contributed by atoms with E-state index >= 15 is 0 Å². The van der Waals surface area contributed by atoms with Crippen LogP contribution in [0.1, 0.15) is 178 Å². The van der Waals surface area contributed by atoms with Crippen molar-refractivity contribution in [2.24, 2.45) is 0 Å². The molecule has 0 heterocycles. The lowest BCUT2D eigenvalue weighted by Gasteiger charge is -2.22. The van der Waals surface area contributed by atoms with Gasteiger partial charge in [-0.15, -0.1) is 0 Å². The van der Waals surface area contributed by atoms with Gasteiger partial charge in [-0.05, 0) is 202 Å². The van der Waals surface area contributed by atoms with E-state index in [2.05, 4.69) is 21.3 Å². The minimum Gasteiger partial charge on any atom is -0.489 e. The van der Waals surface area contributed by atoms with Crippen LogP contribution < -0.4 is 59.2 Å². The number of rotatable bonds is 44. The summed E-state index contributed by atoms with van der Waals surface area (Å²) in [5, 5.41) is 12.8. The number of ether oxygens (including phenoxy) is 16. The van der Waals surface area contributed by atoms with Gasteiger partial charge in [-0.25, -0.2) is 38.4 Å². The number of esters is 12. The van der Waals surface area contributed by atoms with Gasteiger partial charge in [0.25, 0.3) is 0 Å². The molecular weight excluding hydrogens is 1610 g/mol. The van der Waals surface area contributed by atoms with Crippen molar-refractivity contribution >= 4 is 71.6 Å². The fraction of sp³-hybridized carbons (Fsp3) is 0.522. The van der Waals surface area contributed by atoms with E-state index in [1.54, 1.807) is 52.0 Å². The summed E-state index contributed by atoms with van der Waals surface area (Å²) in [6.07, 6.45) is 5.92. The molecule has 4 aromatic carbocycles. The van der Waals surface area contributed by atoms with Crippen LogP contribution in [0, 0.1) is 83.1 Å². The summed E-state index contributed by atoms with van der Waals surface area (Å²) in [7, 11) is 0. The molecule has 4 N–H and O–H groups in total. The molecule has 4 unspecified atom stereocenters. The zero-order valence-corrected chi connectivity index (χ0v) is 77.5. The number of carbonyl (C=O) groups excluding carboxylic acids is 12. The van der Waals surface area contributed by atoms with Crippen LogP contribution in [0.2, 0.25) is 0 Å². The second-order valence-corrected chi connectivity index (χ2v) is 29.5. The molecule has 4 aromatic rings. The molecule has 4 rings (SSSR count). The Morgan fingerprint density at radius 2 is 0.427 bits per heavy atom. The monoisotopic (exact) mass is 1740 g/mol. The Kier molecular flexibility index (Phi) is 52.2. The highest BCUT2D eigenvalue weighted by Gasteiger charge is 2.25. The molecule has 688 valence electrons. The van der Waals surface area contributed by atoms with Crippen LogP contribution in [0.3, 0.4) is 0 Å². The maximum Gasteiger partial charge on any atom is 0.331 e. The predicted molar refractivity (Wildman–Crippen MR) is 465 cm³/mol. The van der Waals surface area contributed by atoms with E-state index in [0.717, 1.165) is 115 Å². The van der Waals surface area contributed by atoms with E-state index in [0.29, 0.717) is 72.2 Å². The first-order chi connectivity index (χ1) is 58.2. The maximum atomic E-state index is 12.1. The van der Waals surface area contributed by atoms with Crippen molar-refractivity contribution in [1.29, 1.82) is 0 Å². The third kappa shape index (κ3) is 44.5. The zero-order valence-electron chi connectivity index (χ0n) is 77.5. The smallest absolute Gasteiger partial charge is 0.331 e. The second kappa shape index (κ2) is 58.6. The SMILES string of the molecule is CCOC(=O)/C=C/C(=O)OC(CNC(C)C)COc1cc(C)c(OC(C)=O)c(C)c1C.CCOC(=O)/C=C\C(=O)OC(CNC(C)C)COc1cc(C)c(OC(C)=O)c(C)c1C.CCOC(=O)/C=C\C(=O)OC(CNC(C)C)COc1cc(C)c(OC(C)=O)c(C)c1C.CCOC(=O)/C=C\C(=O)OC(CNC(C)C)COc1cc(C)c(OC(C)=O)c(C)c1C. The van der Waals surface area contributed by atoms with Gasteiger partial charge in [-0.3, -0.25) is 19.2 Å². The van der Waals surface area contributed by atoms with Gasteiger partial charge in [-0.1, -0.05) is 55.4 Å². The highest BCUT2D eigenvalue weighted by molar-refractivity contribution is 5.94. The predicted octanol–water partition coefficient (Wildman–Crippen LogP) is 11.8. The van der Waals surface area contributed by atoms with Crippen LogP contribution in [-0.2, 0) is 95.4 Å². The molecule has 0 bridgehead atoms. The average Bonchev–Trinajstić information content (AvgIpc) is 0.828. The molecule has 0 amide bonds. The fourth-order valence-corrected chi connectivity index (χ4v) is 10.7. The van der Waals surface area contributed by atoms with E-state index in [-0.39, 0.29) is 101 Å². The lowest BCUT2D eigenvalue weighted by atomic mass is 10.0. The Balaban J connectivity index is 0.000000827. The van der Waals surface area contributed by atoms with Gasteiger partial charge >= 0.3 is 71.6 Å². The molecule has 0 spiro atoms.